The van der Waals surface area contributed by atoms with Gasteiger partial charge in [0.15, 0.2) is 0 Å². The molecule has 0 aliphatic rings. The third kappa shape index (κ3) is 1.75. The van der Waals surface area contributed by atoms with Gasteiger partial charge in [-0.25, -0.2) is 9.97 Å². The zero-order valence-electron chi connectivity index (χ0n) is 11.2. The van der Waals surface area contributed by atoms with Crippen LogP contribution in [0.1, 0.15) is 5.69 Å². The first-order valence-electron chi connectivity index (χ1n) is 6.41. The minimum Gasteiger partial charge on any atom is -0.338 e. The fraction of sp³-hybridized carbons (Fsp3) is 0.0667. The fourth-order valence-corrected chi connectivity index (χ4v) is 2.46. The standard InChI is InChI=1S/C15H10N6/c1-21-8-10(6-19-21)9-2-13-12-3-11(4-16)17-7-14(12)20-15(13)18-5-9/h2-3,5-8H,1H3,(H,18,20). The number of aromatic nitrogens is 5. The Balaban J connectivity index is 2.01. The van der Waals surface area contributed by atoms with Crippen molar-refractivity contribution in [3.63, 3.8) is 0 Å². The summed E-state index contributed by atoms with van der Waals surface area (Å²) >= 11 is 0. The van der Waals surface area contributed by atoms with E-state index in [-0.39, 0.29) is 0 Å². The molecule has 0 aromatic carbocycles. The molecule has 4 aromatic heterocycles. The molecule has 0 spiro atoms. The highest BCUT2D eigenvalue weighted by Gasteiger charge is 2.09. The molecule has 0 atom stereocenters. The van der Waals surface area contributed by atoms with Gasteiger partial charge < -0.3 is 4.98 Å². The molecule has 0 unspecified atom stereocenters. The zero-order valence-corrected chi connectivity index (χ0v) is 11.2. The van der Waals surface area contributed by atoms with Crippen molar-refractivity contribution in [2.45, 2.75) is 0 Å². The minimum absolute atomic E-state index is 0.398. The van der Waals surface area contributed by atoms with Crippen LogP contribution in [0.25, 0.3) is 33.1 Å². The molecule has 6 heteroatoms. The molecule has 4 rings (SSSR count). The van der Waals surface area contributed by atoms with E-state index in [9.17, 15) is 0 Å². The fourth-order valence-electron chi connectivity index (χ4n) is 2.46. The molecular formula is C15H10N6. The smallest absolute Gasteiger partial charge is 0.141 e. The van der Waals surface area contributed by atoms with Gasteiger partial charge in [0.05, 0.1) is 17.9 Å². The maximum Gasteiger partial charge on any atom is 0.141 e. The van der Waals surface area contributed by atoms with Crippen LogP contribution in [-0.2, 0) is 7.05 Å². The molecule has 0 fully saturated rings. The Bertz CT molecular complexity index is 1020. The van der Waals surface area contributed by atoms with Gasteiger partial charge in [-0.05, 0) is 12.1 Å². The predicted octanol–water partition coefficient (Wildman–Crippen LogP) is 2.38. The van der Waals surface area contributed by atoms with Crippen molar-refractivity contribution in [2.24, 2.45) is 7.05 Å². The number of aromatic amines is 1. The lowest BCUT2D eigenvalue weighted by Gasteiger charge is -1.97. The highest BCUT2D eigenvalue weighted by Crippen LogP contribution is 2.28. The molecule has 0 saturated heterocycles. The maximum atomic E-state index is 8.99. The molecule has 6 nitrogen and oxygen atoms in total. The molecule has 0 amide bonds. The first kappa shape index (κ1) is 11.6. The summed E-state index contributed by atoms with van der Waals surface area (Å²) in [7, 11) is 1.88. The molecule has 0 saturated carbocycles. The number of aryl methyl sites for hydroxylation is 1. The Morgan fingerprint density at radius 2 is 2.00 bits per heavy atom. The average Bonchev–Trinajstić information content (AvgIpc) is 3.09. The molecule has 0 aliphatic heterocycles. The first-order chi connectivity index (χ1) is 10.2. The molecule has 0 aliphatic carbocycles. The molecule has 21 heavy (non-hydrogen) atoms. The van der Waals surface area contributed by atoms with E-state index in [4.69, 9.17) is 5.26 Å². The number of nitrogens with one attached hydrogen (secondary N) is 1. The van der Waals surface area contributed by atoms with E-state index in [0.29, 0.717) is 5.69 Å². The number of pyridine rings is 2. The summed E-state index contributed by atoms with van der Waals surface area (Å²) < 4.78 is 1.76. The number of H-pyrrole nitrogens is 1. The summed E-state index contributed by atoms with van der Waals surface area (Å²) in [5, 5.41) is 15.1. The van der Waals surface area contributed by atoms with Gasteiger partial charge in [-0.15, -0.1) is 0 Å². The second kappa shape index (κ2) is 4.15. The first-order valence-corrected chi connectivity index (χ1v) is 6.41. The molecule has 0 radical (unpaired) electrons. The van der Waals surface area contributed by atoms with Gasteiger partial charge in [-0.2, -0.15) is 10.4 Å². The topological polar surface area (TPSA) is 83.2 Å². The van der Waals surface area contributed by atoms with Gasteiger partial charge in [0.2, 0.25) is 0 Å². The van der Waals surface area contributed by atoms with Crippen molar-refractivity contribution in [2.75, 3.05) is 0 Å². The van der Waals surface area contributed by atoms with Crippen molar-refractivity contribution < 1.29 is 0 Å². The van der Waals surface area contributed by atoms with Crippen LogP contribution in [-0.4, -0.2) is 24.7 Å². The molecule has 4 heterocycles. The molecule has 1 N–H and O–H groups in total. The second-order valence-electron chi connectivity index (χ2n) is 4.87. The summed E-state index contributed by atoms with van der Waals surface area (Å²) in [6.45, 7) is 0. The van der Waals surface area contributed by atoms with Gasteiger partial charge in [-0.3, -0.25) is 4.68 Å². The number of nitriles is 1. The van der Waals surface area contributed by atoms with Crippen LogP contribution >= 0.6 is 0 Å². The summed E-state index contributed by atoms with van der Waals surface area (Å²) in [5.74, 6) is 0. The van der Waals surface area contributed by atoms with E-state index in [2.05, 4.69) is 32.2 Å². The SMILES string of the molecule is Cn1cc(-c2cnc3[nH]c4cnc(C#N)cc4c3c2)cn1. The van der Waals surface area contributed by atoms with E-state index < -0.39 is 0 Å². The van der Waals surface area contributed by atoms with Crippen LogP contribution in [0.4, 0.5) is 0 Å². The number of nitrogens with zero attached hydrogens (tertiary/aromatic N) is 5. The van der Waals surface area contributed by atoms with Crippen molar-refractivity contribution in [1.29, 1.82) is 5.26 Å². The third-order valence-corrected chi connectivity index (χ3v) is 3.49. The maximum absolute atomic E-state index is 8.99. The van der Waals surface area contributed by atoms with Crippen LogP contribution in [0.2, 0.25) is 0 Å². The average molecular weight is 274 g/mol. The summed E-state index contributed by atoms with van der Waals surface area (Å²) in [4.78, 5) is 11.7. The van der Waals surface area contributed by atoms with E-state index in [1.165, 1.54) is 0 Å². The minimum atomic E-state index is 0.398. The van der Waals surface area contributed by atoms with Gasteiger partial charge in [0, 0.05) is 41.3 Å². The normalized spacial score (nSPS) is 11.0. The summed E-state index contributed by atoms with van der Waals surface area (Å²) in [6.07, 6.45) is 7.23. The van der Waals surface area contributed by atoms with Gasteiger partial charge in [0.1, 0.15) is 17.4 Å². The van der Waals surface area contributed by atoms with E-state index in [1.54, 1.807) is 23.1 Å². The Kier molecular flexibility index (Phi) is 2.29. The van der Waals surface area contributed by atoms with Crippen molar-refractivity contribution in [1.82, 2.24) is 24.7 Å². The summed E-state index contributed by atoms with van der Waals surface area (Å²) in [5.41, 5.74) is 4.06. The van der Waals surface area contributed by atoms with Gasteiger partial charge in [-0.1, -0.05) is 0 Å². The van der Waals surface area contributed by atoms with E-state index in [1.807, 2.05) is 19.4 Å². The van der Waals surface area contributed by atoms with Crippen LogP contribution in [0.3, 0.4) is 0 Å². The van der Waals surface area contributed by atoms with Crippen LogP contribution in [0, 0.1) is 11.3 Å². The Hall–Kier alpha value is -3.20. The molecular weight excluding hydrogens is 264 g/mol. The Morgan fingerprint density at radius 1 is 1.10 bits per heavy atom. The zero-order chi connectivity index (χ0) is 14.4. The monoisotopic (exact) mass is 274 g/mol. The van der Waals surface area contributed by atoms with Crippen molar-refractivity contribution >= 4 is 21.9 Å². The third-order valence-electron chi connectivity index (χ3n) is 3.49. The van der Waals surface area contributed by atoms with Crippen LogP contribution < -0.4 is 0 Å². The quantitative estimate of drug-likeness (QED) is 0.577. The lowest BCUT2D eigenvalue weighted by Crippen LogP contribution is -1.84. The molecule has 4 aromatic rings. The number of hydrogen-bond donors (Lipinski definition) is 1. The highest BCUT2D eigenvalue weighted by molar-refractivity contribution is 6.06. The lowest BCUT2D eigenvalue weighted by atomic mass is 10.1. The van der Waals surface area contributed by atoms with E-state index >= 15 is 0 Å². The number of hydrogen-bond acceptors (Lipinski definition) is 4. The van der Waals surface area contributed by atoms with Crippen molar-refractivity contribution in [3.8, 4) is 17.2 Å². The largest absolute Gasteiger partial charge is 0.338 e. The molecule has 100 valence electrons. The highest BCUT2D eigenvalue weighted by atomic mass is 15.2. The van der Waals surface area contributed by atoms with Gasteiger partial charge in [0.25, 0.3) is 0 Å². The van der Waals surface area contributed by atoms with E-state index in [0.717, 1.165) is 33.1 Å². The van der Waals surface area contributed by atoms with Crippen LogP contribution in [0.15, 0.2) is 36.9 Å². The molecule has 0 bridgehead atoms. The van der Waals surface area contributed by atoms with Crippen LogP contribution in [0.5, 0.6) is 0 Å². The number of fused-ring (bicyclic) bond motifs is 3. The Morgan fingerprint density at radius 3 is 2.76 bits per heavy atom. The van der Waals surface area contributed by atoms with Crippen molar-refractivity contribution in [3.05, 3.63) is 42.6 Å². The number of rotatable bonds is 1. The second-order valence-corrected chi connectivity index (χ2v) is 4.87. The lowest BCUT2D eigenvalue weighted by molar-refractivity contribution is 0.768. The Labute approximate surface area is 119 Å². The van der Waals surface area contributed by atoms with Gasteiger partial charge >= 0.3 is 0 Å². The summed E-state index contributed by atoms with van der Waals surface area (Å²) in [6, 6.07) is 5.90. The predicted molar refractivity (Wildman–Crippen MR) is 78.3 cm³/mol.